The average molecular weight is 252 g/mol. The summed E-state index contributed by atoms with van der Waals surface area (Å²) in [6.45, 7) is 0.314. The zero-order valence-corrected chi connectivity index (χ0v) is 9.66. The number of carbonyl (C=O) groups excluding carboxylic acids is 1. The third-order valence-electron chi connectivity index (χ3n) is 2.43. The van der Waals surface area contributed by atoms with Crippen LogP contribution in [0.4, 0.5) is 0 Å². The molecule has 1 aliphatic heterocycles. The van der Waals surface area contributed by atoms with Crippen LogP contribution in [0.25, 0.3) is 0 Å². The second-order valence-corrected chi connectivity index (χ2v) is 3.88. The van der Waals surface area contributed by atoms with Crippen molar-refractivity contribution >= 4 is 17.6 Å². The van der Waals surface area contributed by atoms with E-state index in [1.807, 2.05) is 0 Å². The highest BCUT2D eigenvalue weighted by atomic mass is 16.6. The molecular formula is C10H12N4O4. The Morgan fingerprint density at radius 2 is 2.44 bits per heavy atom. The molecule has 0 aromatic carbocycles. The Labute approximate surface area is 102 Å². The Hall–Kier alpha value is -2.38. The zero-order valence-electron chi connectivity index (χ0n) is 9.66. The third-order valence-corrected chi connectivity index (χ3v) is 2.43. The summed E-state index contributed by atoms with van der Waals surface area (Å²) >= 11 is 0. The van der Waals surface area contributed by atoms with Crippen LogP contribution in [-0.4, -0.2) is 38.6 Å². The minimum atomic E-state index is -1.17. The lowest BCUT2D eigenvalue weighted by molar-refractivity contribution is -0.131. The quantitative estimate of drug-likeness (QED) is 0.734. The number of hydrogen-bond donors (Lipinski definition) is 2. The average Bonchev–Trinajstić information content (AvgIpc) is 2.94. The van der Waals surface area contributed by atoms with Gasteiger partial charge in [-0.3, -0.25) is 9.48 Å². The molecule has 1 aromatic rings. The van der Waals surface area contributed by atoms with Crippen molar-refractivity contribution in [2.24, 2.45) is 12.2 Å². The summed E-state index contributed by atoms with van der Waals surface area (Å²) in [5.41, 5.74) is 0.708. The van der Waals surface area contributed by atoms with Gasteiger partial charge in [-0.25, -0.2) is 4.79 Å². The van der Waals surface area contributed by atoms with Crippen LogP contribution < -0.4 is 5.32 Å². The van der Waals surface area contributed by atoms with E-state index in [9.17, 15) is 9.59 Å². The highest BCUT2D eigenvalue weighted by Gasteiger charge is 2.31. The summed E-state index contributed by atoms with van der Waals surface area (Å²) in [4.78, 5) is 27.0. The van der Waals surface area contributed by atoms with Crippen molar-refractivity contribution in [3.05, 3.63) is 18.0 Å². The minimum Gasteiger partial charge on any atom is -0.477 e. The smallest absolute Gasteiger partial charge is 0.353 e. The molecule has 18 heavy (non-hydrogen) atoms. The first-order valence-electron chi connectivity index (χ1n) is 5.27. The van der Waals surface area contributed by atoms with Gasteiger partial charge < -0.3 is 15.3 Å². The van der Waals surface area contributed by atoms with Gasteiger partial charge in [-0.2, -0.15) is 5.10 Å². The molecule has 1 unspecified atom stereocenters. The van der Waals surface area contributed by atoms with Gasteiger partial charge in [-0.1, -0.05) is 5.16 Å². The summed E-state index contributed by atoms with van der Waals surface area (Å²) in [5.74, 6) is -1.56. The van der Waals surface area contributed by atoms with Gasteiger partial charge >= 0.3 is 5.97 Å². The molecule has 8 heteroatoms. The van der Waals surface area contributed by atoms with Crippen LogP contribution in [0.15, 0.2) is 17.5 Å². The highest BCUT2D eigenvalue weighted by molar-refractivity contribution is 6.36. The van der Waals surface area contributed by atoms with Crippen LogP contribution in [0.1, 0.15) is 12.0 Å². The molecule has 96 valence electrons. The summed E-state index contributed by atoms with van der Waals surface area (Å²) in [6, 6.07) is 0. The fourth-order valence-electron chi connectivity index (χ4n) is 1.51. The van der Waals surface area contributed by atoms with E-state index < -0.39 is 12.1 Å². The van der Waals surface area contributed by atoms with Crippen LogP contribution in [0.3, 0.4) is 0 Å². The Kier molecular flexibility index (Phi) is 3.26. The number of hydrogen-bond acceptors (Lipinski definition) is 5. The normalized spacial score (nSPS) is 18.1. The van der Waals surface area contributed by atoms with Crippen molar-refractivity contribution in [2.75, 3.05) is 0 Å². The SMILES string of the molecule is Cn1cc(CNC(=O)C2CC(C(=O)O)=NO2)cn1. The van der Waals surface area contributed by atoms with Crippen molar-refractivity contribution in [3.63, 3.8) is 0 Å². The van der Waals surface area contributed by atoms with Gasteiger partial charge in [0, 0.05) is 31.8 Å². The maximum atomic E-state index is 11.7. The van der Waals surface area contributed by atoms with Gasteiger partial charge in [0.1, 0.15) is 0 Å². The molecule has 2 rings (SSSR count). The molecule has 8 nitrogen and oxygen atoms in total. The monoisotopic (exact) mass is 252 g/mol. The summed E-state index contributed by atoms with van der Waals surface area (Å²) in [7, 11) is 1.78. The number of oxime groups is 1. The molecule has 1 aliphatic rings. The van der Waals surface area contributed by atoms with E-state index in [2.05, 4.69) is 15.6 Å². The molecule has 0 saturated heterocycles. The second kappa shape index (κ2) is 4.86. The number of aromatic nitrogens is 2. The largest absolute Gasteiger partial charge is 0.477 e. The van der Waals surface area contributed by atoms with Crippen molar-refractivity contribution in [1.29, 1.82) is 0 Å². The van der Waals surface area contributed by atoms with Crippen molar-refractivity contribution in [2.45, 2.75) is 19.1 Å². The van der Waals surface area contributed by atoms with Gasteiger partial charge in [0.15, 0.2) is 5.71 Å². The number of carboxylic acid groups (broad SMARTS) is 1. The predicted molar refractivity (Wildman–Crippen MR) is 59.6 cm³/mol. The Bertz CT molecular complexity index is 508. The molecule has 0 saturated carbocycles. The number of rotatable bonds is 4. The number of carboxylic acids is 1. The number of aliphatic carboxylic acids is 1. The van der Waals surface area contributed by atoms with E-state index in [0.29, 0.717) is 6.54 Å². The molecule has 0 fully saturated rings. The van der Waals surface area contributed by atoms with E-state index in [0.717, 1.165) is 5.56 Å². The summed E-state index contributed by atoms with van der Waals surface area (Å²) < 4.78 is 1.62. The highest BCUT2D eigenvalue weighted by Crippen LogP contribution is 2.11. The Morgan fingerprint density at radius 3 is 3.00 bits per heavy atom. The van der Waals surface area contributed by atoms with Gasteiger partial charge in [0.2, 0.25) is 6.10 Å². The number of carbonyl (C=O) groups is 2. The van der Waals surface area contributed by atoms with Crippen molar-refractivity contribution < 1.29 is 19.5 Å². The van der Waals surface area contributed by atoms with Gasteiger partial charge in [-0.05, 0) is 0 Å². The van der Waals surface area contributed by atoms with Crippen LogP contribution in [0, 0.1) is 0 Å². The van der Waals surface area contributed by atoms with Crippen molar-refractivity contribution in [3.8, 4) is 0 Å². The zero-order chi connectivity index (χ0) is 13.1. The molecule has 0 radical (unpaired) electrons. The van der Waals surface area contributed by atoms with E-state index in [1.54, 1.807) is 24.1 Å². The maximum Gasteiger partial charge on any atom is 0.353 e. The third kappa shape index (κ3) is 2.65. The molecule has 0 bridgehead atoms. The first-order chi connectivity index (χ1) is 8.56. The number of amides is 1. The molecule has 0 spiro atoms. The summed E-state index contributed by atoms with van der Waals surface area (Å²) in [5, 5.41) is 18.6. The van der Waals surface area contributed by atoms with Crippen LogP contribution in [0.5, 0.6) is 0 Å². The fraction of sp³-hybridized carbons (Fsp3) is 0.400. The van der Waals surface area contributed by atoms with E-state index in [1.165, 1.54) is 0 Å². The Balaban J connectivity index is 1.82. The summed E-state index contributed by atoms with van der Waals surface area (Å²) in [6.07, 6.45) is 2.52. The topological polar surface area (TPSA) is 106 Å². The van der Waals surface area contributed by atoms with E-state index in [4.69, 9.17) is 9.94 Å². The molecule has 2 N–H and O–H groups in total. The maximum absolute atomic E-state index is 11.7. The first-order valence-corrected chi connectivity index (χ1v) is 5.27. The van der Waals surface area contributed by atoms with Crippen molar-refractivity contribution in [1.82, 2.24) is 15.1 Å². The first kappa shape index (κ1) is 12.1. The lowest BCUT2D eigenvalue weighted by atomic mass is 10.1. The van der Waals surface area contributed by atoms with Gasteiger partial charge in [0.25, 0.3) is 5.91 Å². The number of aryl methyl sites for hydroxylation is 1. The van der Waals surface area contributed by atoms with Crippen LogP contribution in [0.2, 0.25) is 0 Å². The molecule has 1 amide bonds. The molecule has 0 aliphatic carbocycles. The van der Waals surface area contributed by atoms with E-state index >= 15 is 0 Å². The lowest BCUT2D eigenvalue weighted by Crippen LogP contribution is -2.34. The Morgan fingerprint density at radius 1 is 1.67 bits per heavy atom. The number of nitrogens with one attached hydrogen (secondary N) is 1. The minimum absolute atomic E-state index is 0.0196. The molecular weight excluding hydrogens is 240 g/mol. The predicted octanol–water partition coefficient (Wildman–Crippen LogP) is -0.734. The number of nitrogens with zero attached hydrogens (tertiary/aromatic N) is 3. The van der Waals surface area contributed by atoms with Gasteiger partial charge in [0.05, 0.1) is 6.20 Å². The van der Waals surface area contributed by atoms with Crippen LogP contribution >= 0.6 is 0 Å². The molecule has 1 atom stereocenters. The second-order valence-electron chi connectivity index (χ2n) is 3.88. The fourth-order valence-corrected chi connectivity index (χ4v) is 1.51. The van der Waals surface area contributed by atoms with Crippen LogP contribution in [-0.2, 0) is 28.0 Å². The molecule has 2 heterocycles. The molecule has 1 aromatic heterocycles. The standard InChI is InChI=1S/C10H12N4O4/c1-14-5-6(4-12-14)3-11-9(15)8-2-7(10(16)17)13-18-8/h4-5,8H,2-3H2,1H3,(H,11,15)(H,16,17). The van der Waals surface area contributed by atoms with Gasteiger partial charge in [-0.15, -0.1) is 0 Å². The lowest BCUT2D eigenvalue weighted by Gasteiger charge is -2.07. The van der Waals surface area contributed by atoms with E-state index in [-0.39, 0.29) is 18.0 Å².